The van der Waals surface area contributed by atoms with Gasteiger partial charge < -0.3 is 33.8 Å². The number of hydrogen-bond acceptors (Lipinski definition) is 15. The lowest BCUT2D eigenvalue weighted by atomic mass is 9.99. The highest BCUT2D eigenvalue weighted by Crippen LogP contribution is 2.45. The van der Waals surface area contributed by atoms with E-state index in [9.17, 15) is 43.2 Å². The normalized spacial score (nSPS) is 14.7. The van der Waals surface area contributed by atoms with E-state index in [-0.39, 0.29) is 25.7 Å². The molecule has 0 aliphatic carbocycles. The van der Waals surface area contributed by atoms with Gasteiger partial charge in [0.2, 0.25) is 0 Å². The molecule has 0 aromatic carbocycles. The highest BCUT2D eigenvalue weighted by Gasteiger charge is 2.30. The highest BCUT2D eigenvalue weighted by atomic mass is 31.2. The van der Waals surface area contributed by atoms with Crippen molar-refractivity contribution in [2.75, 3.05) is 39.6 Å². The van der Waals surface area contributed by atoms with Crippen molar-refractivity contribution >= 4 is 39.5 Å². The van der Waals surface area contributed by atoms with Crippen molar-refractivity contribution < 1.29 is 80.2 Å². The summed E-state index contributed by atoms with van der Waals surface area (Å²) in [5.41, 5.74) is 0. The molecule has 0 heterocycles. The van der Waals surface area contributed by atoms with Crippen LogP contribution in [-0.4, -0.2) is 96.7 Å². The molecule has 0 aliphatic rings. The molecule has 0 radical (unpaired) electrons. The van der Waals surface area contributed by atoms with Gasteiger partial charge in [0.1, 0.15) is 19.3 Å². The fourth-order valence-corrected chi connectivity index (χ4v) is 12.9. The third-order valence-electron chi connectivity index (χ3n) is 18.1. The van der Waals surface area contributed by atoms with Gasteiger partial charge in [0, 0.05) is 25.7 Å². The molecule has 17 nitrogen and oxygen atoms in total. The SMILES string of the molecule is CCCCCCCCCCCCCCCCCCCC(=O)O[C@H](COC(=O)CCCCCCCCCCCCC(C)CC)COP(=O)(O)OC[C@@H](O)COP(=O)(O)OC[C@@H](COC(=O)CCCCCCCCC(C)CC)OC(=O)CCCCCCCCCCCCC(C)C. The average Bonchev–Trinajstić information content (AvgIpc) is 1.23. The maximum atomic E-state index is 13.1. The summed E-state index contributed by atoms with van der Waals surface area (Å²) in [6.45, 7) is 11.9. The fourth-order valence-electron chi connectivity index (χ4n) is 11.4. The molecule has 558 valence electrons. The number of aliphatic hydroxyl groups excluding tert-OH is 1. The van der Waals surface area contributed by atoms with Gasteiger partial charge in [-0.1, -0.05) is 331 Å². The summed E-state index contributed by atoms with van der Waals surface area (Å²) in [5.74, 6) is 0.173. The zero-order chi connectivity index (χ0) is 69.4. The van der Waals surface area contributed by atoms with Crippen LogP contribution in [0.25, 0.3) is 0 Å². The molecule has 0 aromatic heterocycles. The van der Waals surface area contributed by atoms with Gasteiger partial charge in [-0.3, -0.25) is 37.3 Å². The van der Waals surface area contributed by atoms with Crippen LogP contribution in [0.1, 0.15) is 382 Å². The Morgan fingerprint density at radius 3 is 0.809 bits per heavy atom. The van der Waals surface area contributed by atoms with Crippen molar-refractivity contribution in [2.45, 2.75) is 401 Å². The molecule has 0 saturated carbocycles. The Morgan fingerprint density at radius 1 is 0.309 bits per heavy atom. The molecule has 0 rings (SSSR count). The molecule has 0 saturated heterocycles. The van der Waals surface area contributed by atoms with Crippen molar-refractivity contribution in [3.63, 3.8) is 0 Å². The first-order chi connectivity index (χ1) is 45.3. The Labute approximate surface area is 575 Å². The minimum absolute atomic E-state index is 0.105. The molecule has 19 heteroatoms. The number of aliphatic hydroxyl groups is 1. The summed E-state index contributed by atoms with van der Waals surface area (Å²) in [4.78, 5) is 72.8. The minimum atomic E-state index is -4.96. The Bertz CT molecular complexity index is 1840. The number of unbranched alkanes of at least 4 members (excludes halogenated alkanes) is 39. The van der Waals surface area contributed by atoms with Gasteiger partial charge in [-0.15, -0.1) is 0 Å². The van der Waals surface area contributed by atoms with E-state index < -0.39 is 97.5 Å². The lowest BCUT2D eigenvalue weighted by molar-refractivity contribution is -0.161. The predicted molar refractivity (Wildman–Crippen MR) is 381 cm³/mol. The largest absolute Gasteiger partial charge is 0.472 e. The van der Waals surface area contributed by atoms with Crippen molar-refractivity contribution in [3.8, 4) is 0 Å². The molecule has 0 aromatic rings. The number of esters is 4. The van der Waals surface area contributed by atoms with E-state index in [1.807, 2.05) is 0 Å². The zero-order valence-corrected chi connectivity index (χ0v) is 63.2. The second-order valence-electron chi connectivity index (χ2n) is 28.0. The number of phosphoric ester groups is 2. The molecule has 0 fully saturated rings. The molecular weight excluding hydrogens is 1230 g/mol. The van der Waals surface area contributed by atoms with E-state index in [1.165, 1.54) is 186 Å². The second kappa shape index (κ2) is 65.7. The van der Waals surface area contributed by atoms with E-state index in [0.29, 0.717) is 25.7 Å². The summed E-state index contributed by atoms with van der Waals surface area (Å²) in [6.07, 6.45) is 51.3. The van der Waals surface area contributed by atoms with Gasteiger partial charge in [0.05, 0.1) is 26.4 Å². The number of carbonyl (C=O) groups excluding carboxylic acids is 4. The molecule has 94 heavy (non-hydrogen) atoms. The van der Waals surface area contributed by atoms with Gasteiger partial charge >= 0.3 is 39.5 Å². The van der Waals surface area contributed by atoms with Crippen LogP contribution in [-0.2, 0) is 65.4 Å². The molecule has 7 atom stereocenters. The lowest BCUT2D eigenvalue weighted by Crippen LogP contribution is -2.30. The first-order valence-corrected chi connectivity index (χ1v) is 41.9. The van der Waals surface area contributed by atoms with E-state index in [2.05, 4.69) is 48.5 Å². The van der Waals surface area contributed by atoms with Crippen LogP contribution in [0.2, 0.25) is 0 Å². The van der Waals surface area contributed by atoms with Gasteiger partial charge in [0.25, 0.3) is 0 Å². The van der Waals surface area contributed by atoms with Crippen LogP contribution < -0.4 is 0 Å². The molecule has 0 spiro atoms. The Hall–Kier alpha value is -1.94. The molecular formula is C75H146O17P2. The average molecular weight is 1380 g/mol. The van der Waals surface area contributed by atoms with Gasteiger partial charge in [0.15, 0.2) is 12.2 Å². The smallest absolute Gasteiger partial charge is 0.462 e. The fraction of sp³-hybridized carbons (Fsp3) is 0.947. The van der Waals surface area contributed by atoms with E-state index >= 15 is 0 Å². The van der Waals surface area contributed by atoms with E-state index in [0.717, 1.165) is 114 Å². The zero-order valence-electron chi connectivity index (χ0n) is 61.4. The monoisotopic (exact) mass is 1380 g/mol. The minimum Gasteiger partial charge on any atom is -0.462 e. The third-order valence-corrected chi connectivity index (χ3v) is 20.0. The standard InChI is InChI=1S/C75H146O17P2/c1-8-11-12-13-14-15-16-17-18-19-20-21-22-30-35-44-51-58-74(79)91-70(62-85-72(77)56-49-42-34-29-26-24-28-33-40-47-54-67(6)9-2)64-89-93(81,82)87-60-69(76)61-88-94(83,84)90-65-71(63-86-73(78)57-50-43-38-37-41-48-55-68(7)10-3)92-75(80)59-52-45-36-31-25-23-27-32-39-46-53-66(4)5/h66-71,76H,8-65H2,1-7H3,(H,81,82)(H,83,84)/t67?,68?,69-,70-,71-/m1/s1. The number of phosphoric acid groups is 2. The first kappa shape index (κ1) is 92.1. The van der Waals surface area contributed by atoms with Gasteiger partial charge in [-0.25, -0.2) is 9.13 Å². The van der Waals surface area contributed by atoms with Gasteiger partial charge in [-0.2, -0.15) is 0 Å². The summed E-state index contributed by atoms with van der Waals surface area (Å²) >= 11 is 0. The Morgan fingerprint density at radius 2 is 0.543 bits per heavy atom. The van der Waals surface area contributed by atoms with Crippen molar-refractivity contribution in [1.29, 1.82) is 0 Å². The van der Waals surface area contributed by atoms with Crippen LogP contribution in [0, 0.1) is 17.8 Å². The number of ether oxygens (including phenoxy) is 4. The van der Waals surface area contributed by atoms with Crippen LogP contribution in [0.3, 0.4) is 0 Å². The lowest BCUT2D eigenvalue weighted by Gasteiger charge is -2.21. The van der Waals surface area contributed by atoms with Crippen LogP contribution >= 0.6 is 15.6 Å². The number of carbonyl (C=O) groups is 4. The maximum Gasteiger partial charge on any atom is 0.472 e. The number of hydrogen-bond donors (Lipinski definition) is 3. The van der Waals surface area contributed by atoms with Crippen LogP contribution in [0.5, 0.6) is 0 Å². The summed E-state index contributed by atoms with van der Waals surface area (Å²) in [7, 11) is -9.91. The summed E-state index contributed by atoms with van der Waals surface area (Å²) < 4.78 is 68.5. The quantitative estimate of drug-likeness (QED) is 0.0222. The van der Waals surface area contributed by atoms with E-state index in [1.54, 1.807) is 0 Å². The molecule has 0 amide bonds. The topological polar surface area (TPSA) is 237 Å². The first-order valence-electron chi connectivity index (χ1n) is 38.9. The Balaban J connectivity index is 5.26. The van der Waals surface area contributed by atoms with Crippen molar-refractivity contribution in [1.82, 2.24) is 0 Å². The molecule has 4 unspecified atom stereocenters. The van der Waals surface area contributed by atoms with Gasteiger partial charge in [-0.05, 0) is 43.4 Å². The summed E-state index contributed by atoms with van der Waals surface area (Å²) in [6, 6.07) is 0. The molecule has 3 N–H and O–H groups in total. The second-order valence-corrected chi connectivity index (χ2v) is 30.9. The van der Waals surface area contributed by atoms with Crippen molar-refractivity contribution in [2.24, 2.45) is 17.8 Å². The molecule has 0 bridgehead atoms. The third kappa shape index (κ3) is 66.0. The molecule has 0 aliphatic heterocycles. The van der Waals surface area contributed by atoms with Crippen LogP contribution in [0.15, 0.2) is 0 Å². The summed E-state index contributed by atoms with van der Waals surface area (Å²) in [5, 5.41) is 10.6. The predicted octanol–water partition coefficient (Wildman–Crippen LogP) is 21.8. The van der Waals surface area contributed by atoms with E-state index in [4.69, 9.17) is 37.0 Å². The highest BCUT2D eigenvalue weighted by molar-refractivity contribution is 7.47. The Kier molecular flexibility index (Phi) is 64.3. The number of rotatable bonds is 73. The maximum absolute atomic E-state index is 13.1. The van der Waals surface area contributed by atoms with Crippen LogP contribution in [0.4, 0.5) is 0 Å². The van der Waals surface area contributed by atoms with Crippen molar-refractivity contribution in [3.05, 3.63) is 0 Å².